The lowest BCUT2D eigenvalue weighted by Crippen LogP contribution is -2.17. The third-order valence-corrected chi connectivity index (χ3v) is 5.55. The second-order valence-corrected chi connectivity index (χ2v) is 7.61. The van der Waals surface area contributed by atoms with E-state index in [1.54, 1.807) is 54.6 Å². The van der Waals surface area contributed by atoms with E-state index in [9.17, 15) is 14.9 Å². The second-order valence-electron chi connectivity index (χ2n) is 6.65. The molecule has 0 radical (unpaired) electrons. The normalized spacial score (nSPS) is 10.3. The molecule has 30 heavy (non-hydrogen) atoms. The van der Waals surface area contributed by atoms with Crippen LogP contribution in [-0.4, -0.2) is 22.4 Å². The van der Waals surface area contributed by atoms with Gasteiger partial charge < -0.3 is 5.32 Å². The lowest BCUT2D eigenvalue weighted by Gasteiger charge is -2.11. The topological polar surface area (TPSA) is 82.8 Å². The summed E-state index contributed by atoms with van der Waals surface area (Å²) in [6.07, 6.45) is 0.756. The molecule has 0 saturated heterocycles. The molecule has 3 rings (SSSR count). The Bertz CT molecular complexity index is 1120. The molecular formula is C24H21N3O2S. The molecule has 0 saturated carbocycles. The molecule has 0 aliphatic heterocycles. The number of aromatic nitrogens is 1. The number of ketones is 1. The highest BCUT2D eigenvalue weighted by Gasteiger charge is 2.16. The minimum atomic E-state index is -0.266. The number of nitrogens with zero attached hydrogens (tertiary/aromatic N) is 2. The Labute approximate surface area is 180 Å². The molecule has 0 bridgehead atoms. The van der Waals surface area contributed by atoms with Crippen LogP contribution < -0.4 is 5.32 Å². The van der Waals surface area contributed by atoms with E-state index in [-0.39, 0.29) is 17.4 Å². The smallest absolute Gasteiger partial charge is 0.234 e. The van der Waals surface area contributed by atoms with Crippen molar-refractivity contribution >= 4 is 29.1 Å². The van der Waals surface area contributed by atoms with E-state index in [1.807, 2.05) is 19.9 Å². The van der Waals surface area contributed by atoms with Crippen molar-refractivity contribution in [3.8, 4) is 6.07 Å². The molecule has 150 valence electrons. The van der Waals surface area contributed by atoms with E-state index >= 15 is 0 Å². The Kier molecular flexibility index (Phi) is 6.99. The number of hydrogen-bond acceptors (Lipinski definition) is 5. The van der Waals surface area contributed by atoms with E-state index in [0.29, 0.717) is 27.4 Å². The van der Waals surface area contributed by atoms with Gasteiger partial charge in [0, 0.05) is 16.8 Å². The maximum atomic E-state index is 12.8. The summed E-state index contributed by atoms with van der Waals surface area (Å²) < 4.78 is 0. The number of thioether (sulfide) groups is 1. The Hall–Kier alpha value is -3.43. The molecule has 0 unspecified atom stereocenters. The third-order valence-electron chi connectivity index (χ3n) is 4.56. The van der Waals surface area contributed by atoms with Crippen molar-refractivity contribution in [2.75, 3.05) is 11.1 Å². The van der Waals surface area contributed by atoms with Gasteiger partial charge in [0.2, 0.25) is 5.91 Å². The van der Waals surface area contributed by atoms with Gasteiger partial charge in [-0.2, -0.15) is 5.26 Å². The second kappa shape index (κ2) is 9.86. The minimum absolute atomic E-state index is 0.0851. The first kappa shape index (κ1) is 21.3. The highest BCUT2D eigenvalue weighted by atomic mass is 32.2. The maximum absolute atomic E-state index is 12.8. The zero-order valence-corrected chi connectivity index (χ0v) is 17.6. The summed E-state index contributed by atoms with van der Waals surface area (Å²) in [5.41, 5.74) is 3.79. The molecule has 5 nitrogen and oxygen atoms in total. The molecule has 0 fully saturated rings. The van der Waals surface area contributed by atoms with Crippen molar-refractivity contribution in [3.63, 3.8) is 0 Å². The summed E-state index contributed by atoms with van der Waals surface area (Å²) in [7, 11) is 0. The average molecular weight is 416 g/mol. The average Bonchev–Trinajstić information content (AvgIpc) is 2.78. The summed E-state index contributed by atoms with van der Waals surface area (Å²) in [6.45, 7) is 3.93. The van der Waals surface area contributed by atoms with Crippen molar-refractivity contribution in [2.24, 2.45) is 0 Å². The number of anilines is 1. The number of carbonyl (C=O) groups excluding carboxylic acids is 2. The molecule has 0 aliphatic rings. The number of benzene rings is 2. The Morgan fingerprint density at radius 1 is 1.10 bits per heavy atom. The first-order valence-electron chi connectivity index (χ1n) is 9.55. The highest BCUT2D eigenvalue weighted by Crippen LogP contribution is 2.24. The number of nitrogens with one attached hydrogen (secondary N) is 1. The van der Waals surface area contributed by atoms with E-state index in [1.165, 1.54) is 11.8 Å². The molecule has 2 aromatic carbocycles. The van der Waals surface area contributed by atoms with Gasteiger partial charge in [0.15, 0.2) is 5.78 Å². The number of aryl methyl sites for hydroxylation is 2. The van der Waals surface area contributed by atoms with Crippen molar-refractivity contribution in [1.82, 2.24) is 4.98 Å². The summed E-state index contributed by atoms with van der Waals surface area (Å²) in [6, 6.07) is 19.8. The van der Waals surface area contributed by atoms with Crippen molar-refractivity contribution in [3.05, 3.63) is 88.6 Å². The van der Waals surface area contributed by atoms with Crippen molar-refractivity contribution in [2.45, 2.75) is 25.3 Å². The fraction of sp³-hybridized carbons (Fsp3) is 0.167. The quantitative estimate of drug-likeness (QED) is 0.443. The van der Waals surface area contributed by atoms with Crippen molar-refractivity contribution in [1.29, 1.82) is 5.26 Å². The van der Waals surface area contributed by atoms with Gasteiger partial charge in [-0.3, -0.25) is 9.59 Å². The standard InChI is InChI=1S/C24H21N3O2S/c1-3-20-16(2)13-18(14-25)24(27-20)30-15-22(28)26-21-12-8-7-11-19(21)23(29)17-9-5-4-6-10-17/h4-13H,3,15H2,1-2H3,(H,26,28). The first-order chi connectivity index (χ1) is 14.5. The van der Waals surface area contributed by atoms with Crippen LogP contribution in [0.15, 0.2) is 65.7 Å². The summed E-state index contributed by atoms with van der Waals surface area (Å²) in [5, 5.41) is 12.7. The van der Waals surface area contributed by atoms with Gasteiger partial charge in [-0.15, -0.1) is 0 Å². The largest absolute Gasteiger partial charge is 0.325 e. The summed E-state index contributed by atoms with van der Waals surface area (Å²) in [4.78, 5) is 29.9. The predicted octanol–water partition coefficient (Wildman–Crippen LogP) is 4.79. The molecule has 0 aliphatic carbocycles. The number of para-hydroxylation sites is 1. The molecule has 0 spiro atoms. The Balaban J connectivity index is 1.74. The highest BCUT2D eigenvalue weighted by molar-refractivity contribution is 8.00. The summed E-state index contributed by atoms with van der Waals surface area (Å²) in [5.74, 6) is -0.335. The molecule has 1 N–H and O–H groups in total. The fourth-order valence-corrected chi connectivity index (χ4v) is 3.81. The van der Waals surface area contributed by atoms with E-state index in [4.69, 9.17) is 0 Å². The third kappa shape index (κ3) is 4.94. The van der Waals surface area contributed by atoms with Gasteiger partial charge in [-0.05, 0) is 37.1 Å². The zero-order chi connectivity index (χ0) is 21.5. The van der Waals surface area contributed by atoms with E-state index in [0.717, 1.165) is 17.7 Å². The lowest BCUT2D eigenvalue weighted by molar-refractivity contribution is -0.113. The van der Waals surface area contributed by atoms with Crippen LogP contribution in [0.4, 0.5) is 5.69 Å². The molecule has 3 aromatic rings. The van der Waals surface area contributed by atoms with Crippen molar-refractivity contribution < 1.29 is 9.59 Å². The van der Waals surface area contributed by atoms with Crippen LogP contribution in [-0.2, 0) is 11.2 Å². The van der Waals surface area contributed by atoms with Crippen LogP contribution in [0, 0.1) is 18.3 Å². The molecule has 1 aromatic heterocycles. The molecular weight excluding hydrogens is 394 g/mol. The zero-order valence-electron chi connectivity index (χ0n) is 16.8. The Morgan fingerprint density at radius 2 is 1.80 bits per heavy atom. The number of hydrogen-bond donors (Lipinski definition) is 1. The van der Waals surface area contributed by atoms with Gasteiger partial charge in [0.25, 0.3) is 0 Å². The predicted molar refractivity (Wildman–Crippen MR) is 119 cm³/mol. The number of carbonyl (C=O) groups is 2. The maximum Gasteiger partial charge on any atom is 0.234 e. The molecule has 1 heterocycles. The number of rotatable bonds is 7. The summed E-state index contributed by atoms with van der Waals surface area (Å²) >= 11 is 1.22. The monoisotopic (exact) mass is 415 g/mol. The minimum Gasteiger partial charge on any atom is -0.325 e. The molecule has 1 amide bonds. The van der Waals surface area contributed by atoms with Crippen LogP contribution >= 0.6 is 11.8 Å². The SMILES string of the molecule is CCc1nc(SCC(=O)Nc2ccccc2C(=O)c2ccccc2)c(C#N)cc1C. The Morgan fingerprint density at radius 3 is 2.50 bits per heavy atom. The van der Waals surface area contributed by atoms with Gasteiger partial charge in [-0.1, -0.05) is 61.2 Å². The molecule has 6 heteroatoms. The van der Waals surface area contributed by atoms with Crippen LogP contribution in [0.2, 0.25) is 0 Å². The van der Waals surface area contributed by atoms with Crippen LogP contribution in [0.1, 0.15) is 39.7 Å². The fourth-order valence-electron chi connectivity index (χ4n) is 3.04. The van der Waals surface area contributed by atoms with Crippen LogP contribution in [0.5, 0.6) is 0 Å². The lowest BCUT2D eigenvalue weighted by atomic mass is 10.0. The van der Waals surface area contributed by atoms with Crippen LogP contribution in [0.3, 0.4) is 0 Å². The first-order valence-corrected chi connectivity index (χ1v) is 10.5. The van der Waals surface area contributed by atoms with Gasteiger partial charge >= 0.3 is 0 Å². The number of amides is 1. The molecule has 0 atom stereocenters. The number of pyridine rings is 1. The van der Waals surface area contributed by atoms with E-state index in [2.05, 4.69) is 16.4 Å². The van der Waals surface area contributed by atoms with Crippen LogP contribution in [0.25, 0.3) is 0 Å². The van der Waals surface area contributed by atoms with Gasteiger partial charge in [-0.25, -0.2) is 4.98 Å². The van der Waals surface area contributed by atoms with Gasteiger partial charge in [0.1, 0.15) is 11.1 Å². The van der Waals surface area contributed by atoms with Gasteiger partial charge in [0.05, 0.1) is 17.0 Å². The van der Waals surface area contributed by atoms with E-state index < -0.39 is 0 Å². The number of nitriles is 1.